The normalized spacial score (nSPS) is 12.2. The molecule has 1 heterocycles. The number of hydrogen-bond acceptors (Lipinski definition) is 3. The van der Waals surface area contributed by atoms with Crippen molar-refractivity contribution in [2.45, 2.75) is 19.9 Å². The zero-order valence-electron chi connectivity index (χ0n) is 11.4. The monoisotopic (exact) mass is 280 g/mol. The number of halogens is 2. The molecule has 2 aromatic rings. The van der Waals surface area contributed by atoms with Crippen LogP contribution in [0, 0.1) is 18.6 Å². The molecule has 1 aromatic heterocycles. The Morgan fingerprint density at radius 2 is 2.00 bits per heavy atom. The van der Waals surface area contributed by atoms with Crippen molar-refractivity contribution in [1.82, 2.24) is 10.1 Å². The number of carbonyl (C=O) groups excluding carboxylic acids is 1. The number of rotatable bonds is 3. The summed E-state index contributed by atoms with van der Waals surface area (Å²) in [4.78, 5) is 13.6. The SMILES string of the molecule is Cc1cc(C(=O)N(C)C(C)c2ccc(F)c(F)c2)no1. The zero-order valence-corrected chi connectivity index (χ0v) is 11.4. The molecule has 0 N–H and O–H groups in total. The molecule has 20 heavy (non-hydrogen) atoms. The number of carbonyl (C=O) groups is 1. The van der Waals surface area contributed by atoms with Crippen LogP contribution in [0.5, 0.6) is 0 Å². The molecular formula is C14H14F2N2O2. The van der Waals surface area contributed by atoms with Crippen molar-refractivity contribution >= 4 is 5.91 Å². The molecule has 0 spiro atoms. The first-order valence-corrected chi connectivity index (χ1v) is 6.05. The fourth-order valence-corrected chi connectivity index (χ4v) is 1.82. The maximum absolute atomic E-state index is 13.2. The lowest BCUT2D eigenvalue weighted by Gasteiger charge is -2.24. The van der Waals surface area contributed by atoms with Crippen molar-refractivity contribution in [2.75, 3.05) is 7.05 Å². The van der Waals surface area contributed by atoms with Crippen molar-refractivity contribution in [3.8, 4) is 0 Å². The molecule has 0 saturated heterocycles. The number of amides is 1. The molecular weight excluding hydrogens is 266 g/mol. The minimum Gasteiger partial charge on any atom is -0.361 e. The zero-order chi connectivity index (χ0) is 14.9. The van der Waals surface area contributed by atoms with E-state index < -0.39 is 17.7 Å². The summed E-state index contributed by atoms with van der Waals surface area (Å²) < 4.78 is 31.0. The van der Waals surface area contributed by atoms with Crippen LogP contribution in [0.4, 0.5) is 8.78 Å². The summed E-state index contributed by atoms with van der Waals surface area (Å²) in [6, 6.07) is 4.67. The standard InChI is InChI=1S/C14H14F2N2O2/c1-8-6-13(17-20-8)14(19)18(3)9(2)10-4-5-11(15)12(16)7-10/h4-7,9H,1-3H3. The van der Waals surface area contributed by atoms with Gasteiger partial charge >= 0.3 is 0 Å². The van der Waals surface area contributed by atoms with Gasteiger partial charge in [0, 0.05) is 13.1 Å². The maximum Gasteiger partial charge on any atom is 0.276 e. The maximum atomic E-state index is 13.2. The molecule has 6 heteroatoms. The van der Waals surface area contributed by atoms with E-state index in [9.17, 15) is 13.6 Å². The molecule has 0 saturated carbocycles. The van der Waals surface area contributed by atoms with Gasteiger partial charge in [-0.25, -0.2) is 8.78 Å². The number of nitrogens with zero attached hydrogens (tertiary/aromatic N) is 2. The second kappa shape index (κ2) is 5.40. The van der Waals surface area contributed by atoms with Gasteiger partial charge in [0.1, 0.15) is 5.76 Å². The lowest BCUT2D eigenvalue weighted by molar-refractivity contribution is 0.0732. The Morgan fingerprint density at radius 3 is 2.55 bits per heavy atom. The van der Waals surface area contributed by atoms with E-state index in [4.69, 9.17) is 4.52 Å². The molecule has 106 valence electrons. The Hall–Kier alpha value is -2.24. The van der Waals surface area contributed by atoms with E-state index in [0.717, 1.165) is 12.1 Å². The molecule has 0 fully saturated rings. The van der Waals surface area contributed by atoms with Crippen LogP contribution in [-0.4, -0.2) is 23.0 Å². The number of aryl methyl sites for hydroxylation is 1. The highest BCUT2D eigenvalue weighted by molar-refractivity contribution is 5.92. The molecule has 1 unspecified atom stereocenters. The van der Waals surface area contributed by atoms with E-state index in [2.05, 4.69) is 5.16 Å². The molecule has 0 aliphatic carbocycles. The van der Waals surface area contributed by atoms with E-state index in [1.165, 1.54) is 17.0 Å². The van der Waals surface area contributed by atoms with Gasteiger partial charge in [-0.1, -0.05) is 11.2 Å². The second-order valence-corrected chi connectivity index (χ2v) is 4.59. The van der Waals surface area contributed by atoms with E-state index in [1.807, 2.05) is 0 Å². The Balaban J connectivity index is 2.21. The molecule has 1 aromatic carbocycles. The van der Waals surface area contributed by atoms with Crippen LogP contribution in [0.15, 0.2) is 28.8 Å². The smallest absolute Gasteiger partial charge is 0.276 e. The summed E-state index contributed by atoms with van der Waals surface area (Å²) in [6.07, 6.45) is 0. The molecule has 0 bridgehead atoms. The fourth-order valence-electron chi connectivity index (χ4n) is 1.82. The summed E-state index contributed by atoms with van der Waals surface area (Å²) >= 11 is 0. The van der Waals surface area contributed by atoms with Crippen molar-refractivity contribution in [3.63, 3.8) is 0 Å². The second-order valence-electron chi connectivity index (χ2n) is 4.59. The average Bonchev–Trinajstić information content (AvgIpc) is 2.86. The van der Waals surface area contributed by atoms with Gasteiger partial charge in [-0.3, -0.25) is 4.79 Å². The molecule has 0 aliphatic rings. The largest absolute Gasteiger partial charge is 0.361 e. The fraction of sp³-hybridized carbons (Fsp3) is 0.286. The first-order chi connectivity index (χ1) is 9.40. The molecule has 1 atom stereocenters. The lowest BCUT2D eigenvalue weighted by Crippen LogP contribution is -2.30. The quantitative estimate of drug-likeness (QED) is 0.868. The predicted molar refractivity (Wildman–Crippen MR) is 68.1 cm³/mol. The van der Waals surface area contributed by atoms with E-state index in [0.29, 0.717) is 11.3 Å². The van der Waals surface area contributed by atoms with Gasteiger partial charge in [0.05, 0.1) is 6.04 Å². The highest BCUT2D eigenvalue weighted by Gasteiger charge is 2.22. The number of benzene rings is 1. The van der Waals surface area contributed by atoms with Gasteiger partial charge < -0.3 is 9.42 Å². The molecule has 0 aliphatic heterocycles. The van der Waals surface area contributed by atoms with Crippen molar-refractivity contribution in [3.05, 3.63) is 52.9 Å². The molecule has 1 amide bonds. The van der Waals surface area contributed by atoms with Crippen molar-refractivity contribution < 1.29 is 18.1 Å². The van der Waals surface area contributed by atoms with Crippen molar-refractivity contribution in [2.24, 2.45) is 0 Å². The van der Waals surface area contributed by atoms with Crippen LogP contribution in [0.25, 0.3) is 0 Å². The number of hydrogen-bond donors (Lipinski definition) is 0. The van der Waals surface area contributed by atoms with Gasteiger partial charge in [0.25, 0.3) is 5.91 Å². The highest BCUT2D eigenvalue weighted by atomic mass is 19.2. The van der Waals surface area contributed by atoms with Crippen LogP contribution < -0.4 is 0 Å². The first kappa shape index (κ1) is 14.2. The van der Waals surface area contributed by atoms with Gasteiger partial charge in [-0.15, -0.1) is 0 Å². The Morgan fingerprint density at radius 1 is 1.30 bits per heavy atom. The molecule has 4 nitrogen and oxygen atoms in total. The van der Waals surface area contributed by atoms with Crippen LogP contribution >= 0.6 is 0 Å². The topological polar surface area (TPSA) is 46.3 Å². The van der Waals surface area contributed by atoms with Gasteiger partial charge in [0.15, 0.2) is 17.3 Å². The summed E-state index contributed by atoms with van der Waals surface area (Å²) in [5.74, 6) is -1.67. The van der Waals surface area contributed by atoms with Crippen molar-refractivity contribution in [1.29, 1.82) is 0 Å². The van der Waals surface area contributed by atoms with Crippen LogP contribution in [0.3, 0.4) is 0 Å². The van der Waals surface area contributed by atoms with Crippen LogP contribution in [0.2, 0.25) is 0 Å². The van der Waals surface area contributed by atoms with Gasteiger partial charge in [0.2, 0.25) is 0 Å². The average molecular weight is 280 g/mol. The lowest BCUT2D eigenvalue weighted by atomic mass is 10.1. The summed E-state index contributed by atoms with van der Waals surface area (Å²) in [5, 5.41) is 3.64. The number of aromatic nitrogens is 1. The highest BCUT2D eigenvalue weighted by Crippen LogP contribution is 2.22. The van der Waals surface area contributed by atoms with Gasteiger partial charge in [-0.2, -0.15) is 0 Å². The molecule has 2 rings (SSSR count). The Kier molecular flexibility index (Phi) is 3.83. The van der Waals surface area contributed by atoms with E-state index in [1.54, 1.807) is 20.9 Å². The molecule has 0 radical (unpaired) electrons. The third-order valence-electron chi connectivity index (χ3n) is 3.17. The third-order valence-corrected chi connectivity index (χ3v) is 3.17. The van der Waals surface area contributed by atoms with Crippen LogP contribution in [0.1, 0.15) is 34.8 Å². The van der Waals surface area contributed by atoms with Crippen LogP contribution in [-0.2, 0) is 0 Å². The van der Waals surface area contributed by atoms with E-state index >= 15 is 0 Å². The summed E-state index contributed by atoms with van der Waals surface area (Å²) in [7, 11) is 1.57. The predicted octanol–water partition coefficient (Wildman–Crippen LogP) is 3.09. The van der Waals surface area contributed by atoms with E-state index in [-0.39, 0.29) is 11.6 Å². The Bertz CT molecular complexity index is 640. The summed E-state index contributed by atoms with van der Waals surface area (Å²) in [6.45, 7) is 3.40. The minimum absolute atomic E-state index is 0.180. The minimum atomic E-state index is -0.938. The Labute approximate surface area is 115 Å². The third kappa shape index (κ3) is 2.68. The summed E-state index contributed by atoms with van der Waals surface area (Å²) in [5.41, 5.74) is 0.680. The van der Waals surface area contributed by atoms with Gasteiger partial charge in [-0.05, 0) is 31.5 Å². The first-order valence-electron chi connectivity index (χ1n) is 6.05.